The summed E-state index contributed by atoms with van der Waals surface area (Å²) in [6.07, 6.45) is 0. The lowest BCUT2D eigenvalue weighted by Gasteiger charge is -2.17. The molecule has 0 unspecified atom stereocenters. The van der Waals surface area contributed by atoms with E-state index in [0.29, 0.717) is 16.7 Å². The van der Waals surface area contributed by atoms with Crippen molar-refractivity contribution in [3.63, 3.8) is 0 Å². The van der Waals surface area contributed by atoms with Gasteiger partial charge >= 0.3 is 0 Å². The Labute approximate surface area is 252 Å². The molecule has 0 bridgehead atoms. The van der Waals surface area contributed by atoms with Gasteiger partial charge in [-0.15, -0.1) is 0 Å². The van der Waals surface area contributed by atoms with Gasteiger partial charge in [-0.3, -0.25) is 0 Å². The zero-order chi connectivity index (χ0) is 29.8. The predicted molar refractivity (Wildman–Crippen MR) is 175 cm³/mol. The summed E-state index contributed by atoms with van der Waals surface area (Å²) < 4.78 is 4.41. The average Bonchev–Trinajstić information content (AvgIpc) is 3.60. The van der Waals surface area contributed by atoms with Gasteiger partial charge in [-0.1, -0.05) is 54.6 Å². The van der Waals surface area contributed by atoms with E-state index in [1.54, 1.807) is 0 Å². The minimum Gasteiger partial charge on any atom is -0.309 e. The number of aromatic nitrogens is 2. The summed E-state index contributed by atoms with van der Waals surface area (Å²) in [6, 6.07) is 49.1. The van der Waals surface area contributed by atoms with Crippen LogP contribution in [0.25, 0.3) is 66.1 Å². The Morgan fingerprint density at radius 3 is 1.59 bits per heavy atom. The van der Waals surface area contributed by atoms with Crippen LogP contribution in [-0.2, 0) is 0 Å². The molecular weight excluding hydrogens is 538 g/mol. The van der Waals surface area contributed by atoms with Gasteiger partial charge in [0.05, 0.1) is 62.7 Å². The highest BCUT2D eigenvalue weighted by Crippen LogP contribution is 2.39. The molecule has 5 heteroatoms. The molecule has 8 aromatic rings. The van der Waals surface area contributed by atoms with Crippen LogP contribution in [0, 0.1) is 34.0 Å². The maximum atomic E-state index is 10.3. The summed E-state index contributed by atoms with van der Waals surface area (Å²) in [5.74, 6) is 0. The highest BCUT2D eigenvalue weighted by molar-refractivity contribution is 6.11. The van der Waals surface area contributed by atoms with E-state index in [2.05, 4.69) is 75.9 Å². The van der Waals surface area contributed by atoms with Gasteiger partial charge in [0.15, 0.2) is 0 Å². The van der Waals surface area contributed by atoms with Gasteiger partial charge in [0.25, 0.3) is 0 Å². The van der Waals surface area contributed by atoms with Crippen LogP contribution in [0.15, 0.2) is 127 Å². The molecule has 0 N–H and O–H groups in total. The van der Waals surface area contributed by atoms with Gasteiger partial charge in [0.1, 0.15) is 0 Å². The standard InChI is InChI=1S/C39H21N5/c40-22-25-15-17-36-32(19-25)33-20-26(23-41)16-18-37(33)43(36)29-9-5-7-27(21-29)39-28(24-42)8-6-14-38(39)44-34-12-3-1-10-30(34)31-11-2-4-13-35(31)44/h1-21H. The van der Waals surface area contributed by atoms with E-state index >= 15 is 0 Å². The molecule has 2 heterocycles. The first kappa shape index (κ1) is 25.1. The minimum atomic E-state index is 0.562. The summed E-state index contributed by atoms with van der Waals surface area (Å²) in [5.41, 5.74) is 9.33. The molecular formula is C39H21N5. The predicted octanol–water partition coefficient (Wildman–Crippen LogP) is 9.16. The van der Waals surface area contributed by atoms with E-state index in [-0.39, 0.29) is 0 Å². The van der Waals surface area contributed by atoms with Crippen molar-refractivity contribution in [2.45, 2.75) is 0 Å². The van der Waals surface area contributed by atoms with Gasteiger partial charge in [-0.2, -0.15) is 15.8 Å². The van der Waals surface area contributed by atoms with Gasteiger partial charge in [-0.25, -0.2) is 0 Å². The summed E-state index contributed by atoms with van der Waals surface area (Å²) in [4.78, 5) is 0. The third-order valence-corrected chi connectivity index (χ3v) is 8.40. The first-order valence-corrected chi connectivity index (χ1v) is 14.2. The van der Waals surface area contributed by atoms with Gasteiger partial charge < -0.3 is 9.13 Å². The van der Waals surface area contributed by atoms with E-state index in [1.807, 2.05) is 78.9 Å². The fourth-order valence-electron chi connectivity index (χ4n) is 6.55. The molecule has 0 atom stereocenters. The molecule has 5 nitrogen and oxygen atoms in total. The van der Waals surface area contributed by atoms with Crippen LogP contribution in [0.1, 0.15) is 16.7 Å². The molecule has 6 aromatic carbocycles. The van der Waals surface area contributed by atoms with Gasteiger partial charge in [0, 0.05) is 32.8 Å². The molecule has 0 radical (unpaired) electrons. The molecule has 0 fully saturated rings. The first-order valence-electron chi connectivity index (χ1n) is 14.2. The molecule has 2 aromatic heterocycles. The molecule has 0 aliphatic heterocycles. The van der Waals surface area contributed by atoms with Crippen LogP contribution < -0.4 is 0 Å². The fraction of sp³-hybridized carbons (Fsp3) is 0. The van der Waals surface area contributed by atoms with Gasteiger partial charge in [-0.05, 0) is 78.4 Å². The number of hydrogen-bond acceptors (Lipinski definition) is 3. The number of nitriles is 3. The van der Waals surface area contributed by atoms with Crippen molar-refractivity contribution >= 4 is 43.6 Å². The second-order valence-electron chi connectivity index (χ2n) is 10.8. The van der Waals surface area contributed by atoms with Crippen molar-refractivity contribution in [2.75, 3.05) is 0 Å². The molecule has 0 aliphatic carbocycles. The first-order chi connectivity index (χ1) is 21.7. The fourth-order valence-corrected chi connectivity index (χ4v) is 6.55. The molecule has 0 saturated heterocycles. The Balaban J connectivity index is 1.42. The number of para-hydroxylation sites is 2. The van der Waals surface area contributed by atoms with Crippen molar-refractivity contribution in [1.29, 1.82) is 15.8 Å². The molecule has 0 spiro atoms. The Kier molecular flexibility index (Phi) is 5.56. The molecule has 0 amide bonds. The Morgan fingerprint density at radius 1 is 0.432 bits per heavy atom. The third-order valence-electron chi connectivity index (χ3n) is 8.40. The van der Waals surface area contributed by atoms with Crippen LogP contribution in [0.2, 0.25) is 0 Å². The van der Waals surface area contributed by atoms with Gasteiger partial charge in [0.2, 0.25) is 0 Å². The monoisotopic (exact) mass is 559 g/mol. The zero-order valence-corrected chi connectivity index (χ0v) is 23.4. The van der Waals surface area contributed by atoms with Crippen molar-refractivity contribution in [3.8, 4) is 40.7 Å². The lowest BCUT2D eigenvalue weighted by Crippen LogP contribution is -2.00. The lowest BCUT2D eigenvalue weighted by molar-refractivity contribution is 1.17. The quantitative estimate of drug-likeness (QED) is 0.216. The zero-order valence-electron chi connectivity index (χ0n) is 23.4. The van der Waals surface area contributed by atoms with Crippen LogP contribution in [0.3, 0.4) is 0 Å². The maximum absolute atomic E-state index is 10.3. The number of fused-ring (bicyclic) bond motifs is 6. The third kappa shape index (κ3) is 3.63. The van der Waals surface area contributed by atoms with Crippen molar-refractivity contribution in [1.82, 2.24) is 9.13 Å². The molecule has 202 valence electrons. The van der Waals surface area contributed by atoms with Crippen LogP contribution in [0.5, 0.6) is 0 Å². The molecule has 0 saturated carbocycles. The Morgan fingerprint density at radius 2 is 1.00 bits per heavy atom. The summed E-state index contributed by atoms with van der Waals surface area (Å²) >= 11 is 0. The summed E-state index contributed by atoms with van der Waals surface area (Å²) in [6.45, 7) is 0. The van der Waals surface area contributed by atoms with E-state index < -0.39 is 0 Å². The minimum absolute atomic E-state index is 0.562. The molecule has 0 aliphatic rings. The topological polar surface area (TPSA) is 81.2 Å². The van der Waals surface area contributed by atoms with Crippen molar-refractivity contribution in [2.24, 2.45) is 0 Å². The average molecular weight is 560 g/mol. The smallest absolute Gasteiger partial charge is 0.0998 e. The number of nitrogens with zero attached hydrogens (tertiary/aromatic N) is 5. The lowest BCUT2D eigenvalue weighted by atomic mass is 9.97. The number of benzene rings is 6. The highest BCUT2D eigenvalue weighted by Gasteiger charge is 2.19. The van der Waals surface area contributed by atoms with Crippen LogP contribution >= 0.6 is 0 Å². The van der Waals surface area contributed by atoms with E-state index in [4.69, 9.17) is 0 Å². The van der Waals surface area contributed by atoms with Crippen molar-refractivity contribution in [3.05, 3.63) is 144 Å². The normalized spacial score (nSPS) is 11.1. The number of rotatable bonds is 3. The van der Waals surface area contributed by atoms with Crippen molar-refractivity contribution < 1.29 is 0 Å². The number of hydrogen-bond donors (Lipinski definition) is 0. The van der Waals surface area contributed by atoms with Crippen LogP contribution in [-0.4, -0.2) is 9.13 Å². The summed E-state index contributed by atoms with van der Waals surface area (Å²) in [5, 5.41) is 33.7. The van der Waals surface area contributed by atoms with Crippen LogP contribution in [0.4, 0.5) is 0 Å². The maximum Gasteiger partial charge on any atom is 0.0998 e. The molecule has 44 heavy (non-hydrogen) atoms. The van der Waals surface area contributed by atoms with E-state index in [9.17, 15) is 15.8 Å². The summed E-state index contributed by atoms with van der Waals surface area (Å²) in [7, 11) is 0. The second-order valence-corrected chi connectivity index (χ2v) is 10.8. The highest BCUT2D eigenvalue weighted by atomic mass is 15.0. The SMILES string of the molecule is N#Cc1ccc2c(c1)c1cc(C#N)ccc1n2-c1cccc(-c2c(C#N)cccc2-n2c3ccccc3c3ccccc32)c1. The Hall–Kier alpha value is -6.61. The largest absolute Gasteiger partial charge is 0.309 e. The Bertz CT molecular complexity index is 2470. The molecule has 8 rings (SSSR count). The van der Waals surface area contributed by atoms with E-state index in [1.165, 1.54) is 0 Å². The second kappa shape index (κ2) is 9.74. The van der Waals surface area contributed by atoms with E-state index in [0.717, 1.165) is 66.1 Å².